The summed E-state index contributed by atoms with van der Waals surface area (Å²) < 4.78 is 5.40. The predicted molar refractivity (Wildman–Crippen MR) is 129 cm³/mol. The third-order valence-electron chi connectivity index (χ3n) is 4.69. The number of ether oxygens (including phenoxy) is 1. The zero-order chi connectivity index (χ0) is 18.9. The Balaban J connectivity index is 0.00000280. The Morgan fingerprint density at radius 3 is 2.61 bits per heavy atom. The van der Waals surface area contributed by atoms with E-state index in [-0.39, 0.29) is 24.0 Å². The predicted octanol–water partition coefficient (Wildman–Crippen LogP) is 3.32. The molecule has 2 aromatic rings. The van der Waals surface area contributed by atoms with E-state index >= 15 is 0 Å². The van der Waals surface area contributed by atoms with Crippen LogP contribution in [-0.4, -0.2) is 51.3 Å². The second-order valence-corrected chi connectivity index (χ2v) is 7.39. The number of aliphatic imine (C=N–C) groups is 1. The van der Waals surface area contributed by atoms with E-state index in [1.165, 1.54) is 23.5 Å². The van der Waals surface area contributed by atoms with Gasteiger partial charge in [-0.05, 0) is 30.9 Å². The second kappa shape index (κ2) is 12.1. The van der Waals surface area contributed by atoms with Gasteiger partial charge in [0.1, 0.15) is 5.75 Å². The van der Waals surface area contributed by atoms with Crippen molar-refractivity contribution < 1.29 is 4.74 Å². The van der Waals surface area contributed by atoms with Crippen molar-refractivity contribution in [1.29, 1.82) is 0 Å². The minimum atomic E-state index is 0. The molecule has 0 amide bonds. The van der Waals surface area contributed by atoms with E-state index < -0.39 is 0 Å². The summed E-state index contributed by atoms with van der Waals surface area (Å²) in [6, 6.07) is 8.11. The summed E-state index contributed by atoms with van der Waals surface area (Å²) in [6.45, 7) is 3.91. The number of methoxy groups -OCH3 is 1. The van der Waals surface area contributed by atoms with Gasteiger partial charge in [-0.3, -0.25) is 4.99 Å². The Kier molecular flexibility index (Phi) is 9.83. The zero-order valence-corrected chi connectivity index (χ0v) is 19.8. The van der Waals surface area contributed by atoms with Gasteiger partial charge in [0.2, 0.25) is 0 Å². The number of nitrogens with one attached hydrogen (secondary N) is 2. The van der Waals surface area contributed by atoms with E-state index in [9.17, 15) is 0 Å². The fourth-order valence-electron chi connectivity index (χ4n) is 3.22. The van der Waals surface area contributed by atoms with E-state index in [1.807, 2.05) is 18.2 Å². The summed E-state index contributed by atoms with van der Waals surface area (Å²) in [7, 11) is 3.51. The van der Waals surface area contributed by atoms with E-state index in [0.717, 1.165) is 56.4 Å². The molecule has 154 valence electrons. The summed E-state index contributed by atoms with van der Waals surface area (Å²) >= 11 is 1.76. The second-order valence-electron chi connectivity index (χ2n) is 6.55. The van der Waals surface area contributed by atoms with Crippen molar-refractivity contribution in [3.05, 3.63) is 40.9 Å². The van der Waals surface area contributed by atoms with E-state index in [1.54, 1.807) is 25.5 Å². The van der Waals surface area contributed by atoms with Gasteiger partial charge in [-0.15, -0.1) is 35.3 Å². The van der Waals surface area contributed by atoms with Gasteiger partial charge < -0.3 is 20.3 Å². The highest BCUT2D eigenvalue weighted by Crippen LogP contribution is 2.24. The van der Waals surface area contributed by atoms with Crippen LogP contribution in [0.2, 0.25) is 0 Å². The molecular formula is C20H30IN5OS. The molecule has 2 heterocycles. The Morgan fingerprint density at radius 1 is 1.18 bits per heavy atom. The molecule has 28 heavy (non-hydrogen) atoms. The molecule has 6 nitrogen and oxygen atoms in total. The van der Waals surface area contributed by atoms with Gasteiger partial charge in [-0.1, -0.05) is 18.2 Å². The van der Waals surface area contributed by atoms with Crippen LogP contribution in [0.3, 0.4) is 0 Å². The first-order chi connectivity index (χ1) is 13.3. The molecule has 1 aromatic carbocycles. The topological polar surface area (TPSA) is 61.8 Å². The van der Waals surface area contributed by atoms with E-state index in [4.69, 9.17) is 9.72 Å². The van der Waals surface area contributed by atoms with Crippen molar-refractivity contribution in [1.82, 2.24) is 15.6 Å². The van der Waals surface area contributed by atoms with Crippen molar-refractivity contribution in [2.45, 2.75) is 25.7 Å². The van der Waals surface area contributed by atoms with Gasteiger partial charge in [-0.2, -0.15) is 0 Å². The minimum Gasteiger partial charge on any atom is -0.496 e. The number of hydrogen-bond acceptors (Lipinski definition) is 5. The lowest BCUT2D eigenvalue weighted by atomic mass is 10.1. The molecule has 2 N–H and O–H groups in total. The molecule has 1 aromatic heterocycles. The van der Waals surface area contributed by atoms with Crippen molar-refractivity contribution in [2.24, 2.45) is 4.99 Å². The monoisotopic (exact) mass is 515 g/mol. The number of hydrogen-bond donors (Lipinski definition) is 2. The van der Waals surface area contributed by atoms with Crippen LogP contribution in [0.1, 0.15) is 24.1 Å². The van der Waals surface area contributed by atoms with Crippen molar-refractivity contribution in [3.8, 4) is 5.75 Å². The van der Waals surface area contributed by atoms with Gasteiger partial charge in [0.05, 0.1) is 12.8 Å². The quantitative estimate of drug-likeness (QED) is 0.321. The number of halogens is 1. The Hall–Kier alpha value is -1.55. The van der Waals surface area contributed by atoms with Crippen LogP contribution >= 0.6 is 35.3 Å². The maximum atomic E-state index is 5.40. The van der Waals surface area contributed by atoms with Crippen LogP contribution in [-0.2, 0) is 12.8 Å². The first-order valence-electron chi connectivity index (χ1n) is 9.56. The maximum Gasteiger partial charge on any atom is 0.190 e. The third-order valence-corrected chi connectivity index (χ3v) is 5.64. The van der Waals surface area contributed by atoms with Crippen molar-refractivity contribution in [2.75, 3.05) is 45.2 Å². The van der Waals surface area contributed by atoms with Crippen LogP contribution in [0.25, 0.3) is 0 Å². The van der Waals surface area contributed by atoms with Gasteiger partial charge in [-0.25, -0.2) is 4.98 Å². The normalized spacial score (nSPS) is 13.9. The molecule has 0 saturated carbocycles. The van der Waals surface area contributed by atoms with Gasteiger partial charge in [0.15, 0.2) is 11.1 Å². The van der Waals surface area contributed by atoms with Gasteiger partial charge in [0, 0.05) is 45.0 Å². The molecule has 3 rings (SSSR count). The molecule has 0 spiro atoms. The van der Waals surface area contributed by atoms with Crippen LogP contribution in [0, 0.1) is 0 Å². The average molecular weight is 515 g/mol. The van der Waals surface area contributed by atoms with Crippen LogP contribution in [0.4, 0.5) is 5.13 Å². The standard InChI is InChI=1S/C20H29N5OS.HI/c1-21-19(22-11-9-16-7-3-4-8-18(16)26-2)23-12-10-17-15-27-20(24-17)25-13-5-6-14-25;/h3-4,7-8,15H,5-6,9-14H2,1-2H3,(H2,21,22,23);1H. The molecule has 0 unspecified atom stereocenters. The lowest BCUT2D eigenvalue weighted by molar-refractivity contribution is 0.409. The van der Waals surface area contributed by atoms with Crippen LogP contribution < -0.4 is 20.3 Å². The highest BCUT2D eigenvalue weighted by atomic mass is 127. The fraction of sp³-hybridized carbons (Fsp3) is 0.500. The van der Waals surface area contributed by atoms with Crippen molar-refractivity contribution >= 4 is 46.4 Å². The van der Waals surface area contributed by atoms with Gasteiger partial charge >= 0.3 is 0 Å². The Labute approximate surface area is 188 Å². The molecule has 0 atom stereocenters. The summed E-state index contributed by atoms with van der Waals surface area (Å²) in [5.41, 5.74) is 2.35. The SMILES string of the molecule is CN=C(NCCc1csc(N2CCCC2)n1)NCCc1ccccc1OC.I. The Morgan fingerprint density at radius 2 is 1.89 bits per heavy atom. The third kappa shape index (κ3) is 6.51. The Bertz CT molecular complexity index is 746. The van der Waals surface area contributed by atoms with Crippen LogP contribution in [0.5, 0.6) is 5.75 Å². The van der Waals surface area contributed by atoms with Crippen LogP contribution in [0.15, 0.2) is 34.6 Å². The molecule has 0 aliphatic carbocycles. The average Bonchev–Trinajstić information content (AvgIpc) is 3.39. The minimum absolute atomic E-state index is 0. The number of aromatic nitrogens is 1. The fourth-order valence-corrected chi connectivity index (χ4v) is 4.13. The first kappa shape index (κ1) is 22.7. The summed E-state index contributed by atoms with van der Waals surface area (Å²) in [5, 5.41) is 10.1. The molecule has 0 bridgehead atoms. The summed E-state index contributed by atoms with van der Waals surface area (Å²) in [4.78, 5) is 11.5. The summed E-state index contributed by atoms with van der Waals surface area (Å²) in [6.07, 6.45) is 4.36. The lowest BCUT2D eigenvalue weighted by Gasteiger charge is -2.13. The molecule has 1 aliphatic rings. The maximum absolute atomic E-state index is 5.40. The zero-order valence-electron chi connectivity index (χ0n) is 16.6. The van der Waals surface area contributed by atoms with Gasteiger partial charge in [0.25, 0.3) is 0 Å². The number of benzene rings is 1. The number of anilines is 1. The molecular weight excluding hydrogens is 485 g/mol. The van der Waals surface area contributed by atoms with E-state index in [0.29, 0.717) is 0 Å². The molecule has 1 aliphatic heterocycles. The molecule has 1 fully saturated rings. The van der Waals surface area contributed by atoms with E-state index in [2.05, 4.69) is 32.0 Å². The van der Waals surface area contributed by atoms with Crippen molar-refractivity contribution in [3.63, 3.8) is 0 Å². The summed E-state index contributed by atoms with van der Waals surface area (Å²) in [5.74, 6) is 1.75. The number of guanidine groups is 1. The number of rotatable bonds is 8. The number of nitrogens with zero attached hydrogens (tertiary/aromatic N) is 3. The smallest absolute Gasteiger partial charge is 0.190 e. The molecule has 8 heteroatoms. The first-order valence-corrected chi connectivity index (χ1v) is 10.4. The molecule has 0 radical (unpaired) electrons. The highest BCUT2D eigenvalue weighted by molar-refractivity contribution is 14.0. The highest BCUT2D eigenvalue weighted by Gasteiger charge is 2.15. The lowest BCUT2D eigenvalue weighted by Crippen LogP contribution is -2.39. The number of para-hydroxylation sites is 1. The largest absolute Gasteiger partial charge is 0.496 e. The number of thiazole rings is 1. The molecule has 1 saturated heterocycles.